The molecule has 21 heavy (non-hydrogen) atoms. The molecule has 2 rings (SSSR count). The van der Waals surface area contributed by atoms with Crippen molar-refractivity contribution in [3.63, 3.8) is 0 Å². The minimum atomic E-state index is -0.401. The largest absolute Gasteiger partial charge is 0.462 e. The summed E-state index contributed by atoms with van der Waals surface area (Å²) in [6, 6.07) is 1.75. The molecule has 1 amide bonds. The summed E-state index contributed by atoms with van der Waals surface area (Å²) in [5.41, 5.74) is 1.30. The number of hydrogen-bond donors (Lipinski definition) is 1. The fraction of sp³-hybridized carbons (Fsp3) is 0.286. The van der Waals surface area contributed by atoms with Crippen molar-refractivity contribution >= 4 is 55.5 Å². The Labute approximate surface area is 139 Å². The number of carbonyl (C=O) groups is 2. The van der Waals surface area contributed by atoms with E-state index < -0.39 is 5.97 Å². The monoisotopic (exact) mass is 387 g/mol. The number of halogens is 1. The summed E-state index contributed by atoms with van der Waals surface area (Å²) in [6.07, 6.45) is 0. The Balaban J connectivity index is 2.29. The molecular weight excluding hydrogens is 374 g/mol. The predicted molar refractivity (Wildman–Crippen MR) is 89.7 cm³/mol. The van der Waals surface area contributed by atoms with Gasteiger partial charge in [-0.05, 0) is 48.3 Å². The van der Waals surface area contributed by atoms with E-state index >= 15 is 0 Å². The lowest BCUT2D eigenvalue weighted by Crippen LogP contribution is -2.13. The van der Waals surface area contributed by atoms with Crippen LogP contribution in [0.15, 0.2) is 15.9 Å². The molecule has 0 aliphatic heterocycles. The molecule has 0 atom stereocenters. The van der Waals surface area contributed by atoms with Gasteiger partial charge in [0, 0.05) is 14.7 Å². The van der Waals surface area contributed by atoms with Gasteiger partial charge in [-0.3, -0.25) is 4.79 Å². The van der Waals surface area contributed by atoms with Crippen LogP contribution in [0.4, 0.5) is 5.00 Å². The third-order valence-corrected chi connectivity index (χ3v) is 5.70. The summed E-state index contributed by atoms with van der Waals surface area (Å²) >= 11 is 6.05. The molecule has 0 saturated heterocycles. The number of amides is 1. The Kier molecular flexibility index (Phi) is 5.18. The SMILES string of the molecule is CCOC(=O)c1c(NC(=O)c2cc(Br)cs2)sc(C)c1C. The number of esters is 1. The van der Waals surface area contributed by atoms with E-state index in [1.165, 1.54) is 22.7 Å². The van der Waals surface area contributed by atoms with Crippen LogP contribution in [-0.2, 0) is 4.74 Å². The van der Waals surface area contributed by atoms with Gasteiger partial charge >= 0.3 is 5.97 Å². The van der Waals surface area contributed by atoms with Crippen molar-refractivity contribution in [1.29, 1.82) is 0 Å². The predicted octanol–water partition coefficient (Wildman–Crippen LogP) is 4.62. The molecule has 0 radical (unpaired) electrons. The minimum Gasteiger partial charge on any atom is -0.462 e. The number of carbonyl (C=O) groups excluding carboxylic acids is 2. The highest BCUT2D eigenvalue weighted by Crippen LogP contribution is 2.33. The fourth-order valence-electron chi connectivity index (χ4n) is 1.76. The van der Waals surface area contributed by atoms with Crippen molar-refractivity contribution in [3.05, 3.63) is 36.8 Å². The summed E-state index contributed by atoms with van der Waals surface area (Å²) in [4.78, 5) is 25.8. The average Bonchev–Trinajstić information content (AvgIpc) is 2.95. The number of hydrogen-bond acceptors (Lipinski definition) is 5. The van der Waals surface area contributed by atoms with Crippen molar-refractivity contribution < 1.29 is 14.3 Å². The van der Waals surface area contributed by atoms with Crippen LogP contribution in [0.1, 0.15) is 37.4 Å². The third kappa shape index (κ3) is 3.53. The molecular formula is C14H14BrNO3S2. The van der Waals surface area contributed by atoms with Gasteiger partial charge in [0.25, 0.3) is 5.91 Å². The van der Waals surface area contributed by atoms with E-state index in [2.05, 4.69) is 21.2 Å². The molecule has 0 aromatic carbocycles. The standard InChI is InChI=1S/C14H14BrNO3S2/c1-4-19-14(18)11-7(2)8(3)21-13(11)16-12(17)10-5-9(15)6-20-10/h5-6H,4H2,1-3H3,(H,16,17). The van der Waals surface area contributed by atoms with E-state index in [1.807, 2.05) is 19.2 Å². The number of thiophene rings is 2. The highest BCUT2D eigenvalue weighted by Gasteiger charge is 2.22. The number of aryl methyl sites for hydroxylation is 1. The number of ether oxygens (including phenoxy) is 1. The first kappa shape index (κ1) is 16.2. The van der Waals surface area contributed by atoms with Gasteiger partial charge in [-0.1, -0.05) is 0 Å². The lowest BCUT2D eigenvalue weighted by Gasteiger charge is -2.06. The molecule has 7 heteroatoms. The topological polar surface area (TPSA) is 55.4 Å². The van der Waals surface area contributed by atoms with E-state index in [4.69, 9.17) is 4.74 Å². The summed E-state index contributed by atoms with van der Waals surface area (Å²) < 4.78 is 5.93. The molecule has 0 aliphatic carbocycles. The Bertz CT molecular complexity index is 690. The van der Waals surface area contributed by atoms with Crippen LogP contribution in [0.2, 0.25) is 0 Å². The first-order chi connectivity index (χ1) is 9.93. The van der Waals surface area contributed by atoms with Crippen molar-refractivity contribution in [3.8, 4) is 0 Å². The summed E-state index contributed by atoms with van der Waals surface area (Å²) in [5, 5.41) is 5.19. The van der Waals surface area contributed by atoms with Crippen LogP contribution in [0.25, 0.3) is 0 Å². The van der Waals surface area contributed by atoms with Crippen LogP contribution in [0, 0.1) is 13.8 Å². The summed E-state index contributed by atoms with van der Waals surface area (Å²) in [6.45, 7) is 5.84. The van der Waals surface area contributed by atoms with E-state index in [0.717, 1.165) is 14.9 Å². The van der Waals surface area contributed by atoms with Gasteiger partial charge < -0.3 is 10.1 Å². The molecule has 0 aliphatic rings. The maximum Gasteiger partial charge on any atom is 0.341 e. The van der Waals surface area contributed by atoms with E-state index in [9.17, 15) is 9.59 Å². The van der Waals surface area contributed by atoms with Crippen molar-refractivity contribution in [1.82, 2.24) is 0 Å². The zero-order valence-corrected chi connectivity index (χ0v) is 15.0. The summed E-state index contributed by atoms with van der Waals surface area (Å²) in [7, 11) is 0. The number of nitrogens with one attached hydrogen (secondary N) is 1. The quantitative estimate of drug-likeness (QED) is 0.778. The van der Waals surface area contributed by atoms with E-state index in [-0.39, 0.29) is 5.91 Å². The van der Waals surface area contributed by atoms with Gasteiger partial charge in [0.15, 0.2) is 0 Å². The second-order valence-corrected chi connectivity index (χ2v) is 7.34. The van der Waals surface area contributed by atoms with Gasteiger partial charge in [0.2, 0.25) is 0 Å². The molecule has 0 bridgehead atoms. The van der Waals surface area contributed by atoms with Crippen LogP contribution < -0.4 is 5.32 Å². The minimum absolute atomic E-state index is 0.225. The van der Waals surface area contributed by atoms with E-state index in [1.54, 1.807) is 13.0 Å². The zero-order valence-electron chi connectivity index (χ0n) is 11.8. The molecule has 4 nitrogen and oxygen atoms in total. The van der Waals surface area contributed by atoms with Gasteiger partial charge in [0.05, 0.1) is 17.0 Å². The van der Waals surface area contributed by atoms with Crippen LogP contribution >= 0.6 is 38.6 Å². The molecule has 1 N–H and O–H groups in total. The Morgan fingerprint density at radius 2 is 2.10 bits per heavy atom. The lowest BCUT2D eigenvalue weighted by molar-refractivity contribution is 0.0527. The first-order valence-corrected chi connectivity index (χ1v) is 8.75. The number of rotatable bonds is 4. The highest BCUT2D eigenvalue weighted by atomic mass is 79.9. The van der Waals surface area contributed by atoms with Crippen LogP contribution in [-0.4, -0.2) is 18.5 Å². The van der Waals surface area contributed by atoms with Gasteiger partial charge in [-0.25, -0.2) is 4.79 Å². The van der Waals surface area contributed by atoms with Crippen LogP contribution in [0.5, 0.6) is 0 Å². The maximum absolute atomic E-state index is 12.2. The lowest BCUT2D eigenvalue weighted by atomic mass is 10.1. The van der Waals surface area contributed by atoms with Crippen LogP contribution in [0.3, 0.4) is 0 Å². The third-order valence-electron chi connectivity index (χ3n) is 2.88. The molecule has 2 aromatic rings. The van der Waals surface area contributed by atoms with Crippen molar-refractivity contribution in [2.75, 3.05) is 11.9 Å². The highest BCUT2D eigenvalue weighted by molar-refractivity contribution is 9.10. The first-order valence-electron chi connectivity index (χ1n) is 6.26. The smallest absolute Gasteiger partial charge is 0.341 e. The fourth-order valence-corrected chi connectivity index (χ4v) is 4.13. The Hall–Kier alpha value is -1.18. The second-order valence-electron chi connectivity index (χ2n) is 4.29. The molecule has 0 saturated carbocycles. The molecule has 0 spiro atoms. The zero-order chi connectivity index (χ0) is 15.6. The normalized spacial score (nSPS) is 10.5. The number of anilines is 1. The molecule has 0 unspecified atom stereocenters. The average molecular weight is 388 g/mol. The molecule has 2 aromatic heterocycles. The Morgan fingerprint density at radius 1 is 1.38 bits per heavy atom. The summed E-state index contributed by atoms with van der Waals surface area (Å²) in [5.74, 6) is -0.625. The van der Waals surface area contributed by atoms with Crippen molar-refractivity contribution in [2.45, 2.75) is 20.8 Å². The van der Waals surface area contributed by atoms with Gasteiger partial charge in [0.1, 0.15) is 5.00 Å². The molecule has 2 heterocycles. The maximum atomic E-state index is 12.2. The molecule has 0 fully saturated rings. The molecule has 112 valence electrons. The van der Waals surface area contributed by atoms with Crippen molar-refractivity contribution in [2.24, 2.45) is 0 Å². The second kappa shape index (κ2) is 6.72. The van der Waals surface area contributed by atoms with Gasteiger partial charge in [-0.15, -0.1) is 22.7 Å². The van der Waals surface area contributed by atoms with Gasteiger partial charge in [-0.2, -0.15) is 0 Å². The van der Waals surface area contributed by atoms with E-state index in [0.29, 0.717) is 22.0 Å². The Morgan fingerprint density at radius 3 is 2.67 bits per heavy atom.